The van der Waals surface area contributed by atoms with Crippen LogP contribution in [0.15, 0.2) is 42.5 Å². The number of benzene rings is 3. The zero-order valence-corrected chi connectivity index (χ0v) is 20.8. The average Bonchev–Trinajstić information content (AvgIpc) is 2.79. The van der Waals surface area contributed by atoms with Crippen molar-refractivity contribution in [2.24, 2.45) is 0 Å². The Morgan fingerprint density at radius 1 is 1.00 bits per heavy atom. The van der Waals surface area contributed by atoms with Crippen LogP contribution in [0.1, 0.15) is 15.9 Å². The second-order valence-electron chi connectivity index (χ2n) is 7.66. The summed E-state index contributed by atoms with van der Waals surface area (Å²) in [5.41, 5.74) is 1.66. The van der Waals surface area contributed by atoms with Crippen LogP contribution in [0.2, 0.25) is 20.1 Å². The maximum absolute atomic E-state index is 13.7. The van der Waals surface area contributed by atoms with Crippen LogP contribution < -0.4 is 15.8 Å². The Hall–Kier alpha value is -2.77. The Kier molecular flexibility index (Phi) is 7.57. The van der Waals surface area contributed by atoms with Gasteiger partial charge in [0.05, 0.1) is 31.9 Å². The van der Waals surface area contributed by atoms with Gasteiger partial charge in [0.25, 0.3) is 5.91 Å². The summed E-state index contributed by atoms with van der Waals surface area (Å²) in [5.74, 6) is -2.52. The topological polar surface area (TPSA) is 75.6 Å². The van der Waals surface area contributed by atoms with Gasteiger partial charge in [-0.3, -0.25) is 4.79 Å². The molecule has 0 spiro atoms. The lowest BCUT2D eigenvalue weighted by Gasteiger charge is -2.18. The highest BCUT2D eigenvalue weighted by Gasteiger charge is 2.25. The zero-order valence-electron chi connectivity index (χ0n) is 17.7. The Labute approximate surface area is 219 Å². The summed E-state index contributed by atoms with van der Waals surface area (Å²) in [6.07, 6.45) is 3.23. The number of hydrogen-bond acceptors (Lipinski definition) is 3. The highest BCUT2D eigenvalue weighted by molar-refractivity contribution is 6.40. The molecule has 0 unspecified atom stereocenters. The van der Waals surface area contributed by atoms with E-state index in [9.17, 15) is 19.1 Å². The predicted octanol–water partition coefficient (Wildman–Crippen LogP) is 5.08. The zero-order chi connectivity index (χ0) is 25.3. The third-order valence-corrected chi connectivity index (χ3v) is 6.68. The van der Waals surface area contributed by atoms with E-state index in [2.05, 4.69) is 5.32 Å². The Morgan fingerprint density at radius 3 is 2.29 bits per heavy atom. The number of carbonyl (C=O) groups excluding carboxylic acids is 1. The quantitative estimate of drug-likeness (QED) is 0.445. The van der Waals surface area contributed by atoms with Gasteiger partial charge in [-0.1, -0.05) is 64.6 Å². The molecule has 0 aromatic heterocycles. The van der Waals surface area contributed by atoms with Crippen molar-refractivity contribution in [2.45, 2.75) is 12.5 Å². The molecule has 180 valence electrons. The van der Waals surface area contributed by atoms with Gasteiger partial charge in [0.1, 0.15) is 18.5 Å². The lowest BCUT2D eigenvalue weighted by Crippen LogP contribution is -2.44. The summed E-state index contributed by atoms with van der Waals surface area (Å²) in [6.45, 7) is 0.268. The molecule has 1 aliphatic heterocycles. The number of carboxylic acid groups (broad SMARTS) is 1. The van der Waals surface area contributed by atoms with E-state index in [0.29, 0.717) is 27.1 Å². The average molecular weight is 555 g/mol. The number of amides is 1. The fraction of sp³-hybridized carbons (Fsp3) is 0.120. The van der Waals surface area contributed by atoms with E-state index in [0.717, 1.165) is 0 Å². The Morgan fingerprint density at radius 2 is 1.66 bits per heavy atom. The van der Waals surface area contributed by atoms with E-state index >= 15 is 0 Å². The molecule has 4 rings (SSSR count). The van der Waals surface area contributed by atoms with Crippen LogP contribution in [-0.4, -0.2) is 29.6 Å². The third kappa shape index (κ3) is 5.26. The molecule has 1 heterocycles. The number of fused-ring (bicyclic) bond motifs is 1. The second kappa shape index (κ2) is 10.5. The Balaban J connectivity index is 1.73. The van der Waals surface area contributed by atoms with Crippen molar-refractivity contribution >= 4 is 70.6 Å². The smallest absolute Gasteiger partial charge is 0.326 e. The van der Waals surface area contributed by atoms with Crippen LogP contribution in [-0.2, 0) is 16.0 Å². The first kappa shape index (κ1) is 25.3. The van der Waals surface area contributed by atoms with E-state index in [4.69, 9.17) is 51.1 Å². The van der Waals surface area contributed by atoms with Crippen molar-refractivity contribution < 1.29 is 23.8 Å². The van der Waals surface area contributed by atoms with Crippen LogP contribution in [0.3, 0.4) is 0 Å². The maximum Gasteiger partial charge on any atom is 0.326 e. The molecule has 3 aromatic rings. The van der Waals surface area contributed by atoms with Crippen LogP contribution in [0.25, 0.3) is 23.5 Å². The van der Waals surface area contributed by atoms with Crippen molar-refractivity contribution in [3.05, 3.63) is 89.9 Å². The van der Waals surface area contributed by atoms with E-state index in [1.807, 2.05) is 0 Å². The number of nitrogens with one attached hydrogen (secondary N) is 1. The molecular weight excluding hydrogens is 539 g/mol. The standard InChI is InChI=1S/C25H16Cl4FNO4/c26-17-2-1-3-18(27)23(17)24(32)31-21(25(33)34)8-12-4-5-15(14-6-7-35-11-16(12)14)22-19(28)9-13(30)10-20(22)29/h1-6,9-11,21H,7-8H2,(H,31,32)(H,33,34)/t21-/m0/s1. The molecule has 0 radical (unpaired) electrons. The van der Waals surface area contributed by atoms with Crippen molar-refractivity contribution in [1.29, 1.82) is 0 Å². The number of aliphatic carboxylic acids is 1. The fourth-order valence-corrected chi connectivity index (χ4v) is 5.10. The summed E-state index contributed by atoms with van der Waals surface area (Å²) in [5, 5.41) is 14.1. The van der Waals surface area contributed by atoms with Crippen LogP contribution in [0.5, 0.6) is 0 Å². The first-order valence-corrected chi connectivity index (χ1v) is 11.7. The second-order valence-corrected chi connectivity index (χ2v) is 9.29. The molecule has 3 aromatic carbocycles. The summed E-state index contributed by atoms with van der Waals surface area (Å²) in [4.78, 5) is 24.8. The molecule has 0 aliphatic carbocycles. The molecule has 2 N–H and O–H groups in total. The lowest BCUT2D eigenvalue weighted by atomic mass is 9.95. The molecule has 1 amide bonds. The minimum absolute atomic E-state index is 0.0108. The minimum atomic E-state index is -1.29. The van der Waals surface area contributed by atoms with Gasteiger partial charge in [0.2, 0.25) is 0 Å². The number of ether oxygens (including phenoxy) is 1. The number of carboxylic acids is 1. The SMILES string of the molecule is O=C(N[C@@H](Cc1ccc(-c2c(Cl)cc(F)cc2Cl)c2c1=COCC=2)C(=O)O)c1c(Cl)cccc1Cl. The van der Waals surface area contributed by atoms with Crippen molar-refractivity contribution in [3.8, 4) is 11.1 Å². The number of rotatable bonds is 6. The van der Waals surface area contributed by atoms with E-state index < -0.39 is 23.7 Å². The molecule has 10 heteroatoms. The van der Waals surface area contributed by atoms with Gasteiger partial charge in [-0.15, -0.1) is 0 Å². The first-order chi connectivity index (χ1) is 16.7. The summed E-state index contributed by atoms with van der Waals surface area (Å²) < 4.78 is 19.2. The van der Waals surface area contributed by atoms with Gasteiger partial charge in [0, 0.05) is 17.2 Å². The van der Waals surface area contributed by atoms with E-state index in [-0.39, 0.29) is 38.7 Å². The predicted molar refractivity (Wildman–Crippen MR) is 135 cm³/mol. The highest BCUT2D eigenvalue weighted by atomic mass is 35.5. The van der Waals surface area contributed by atoms with Gasteiger partial charge >= 0.3 is 5.97 Å². The summed E-state index contributed by atoms with van der Waals surface area (Å²) >= 11 is 24.8. The third-order valence-electron chi connectivity index (χ3n) is 5.46. The molecule has 0 bridgehead atoms. The highest BCUT2D eigenvalue weighted by Crippen LogP contribution is 2.34. The molecular formula is C25H16Cl4FNO4. The maximum atomic E-state index is 13.7. The lowest BCUT2D eigenvalue weighted by molar-refractivity contribution is -0.139. The van der Waals surface area contributed by atoms with Crippen LogP contribution in [0, 0.1) is 5.82 Å². The van der Waals surface area contributed by atoms with Crippen molar-refractivity contribution in [3.63, 3.8) is 0 Å². The Bertz CT molecular complexity index is 1430. The molecule has 0 fully saturated rings. The summed E-state index contributed by atoms with van der Waals surface area (Å²) in [6, 6.07) is 9.01. The number of hydrogen-bond donors (Lipinski definition) is 2. The van der Waals surface area contributed by atoms with E-state index in [1.165, 1.54) is 30.5 Å². The monoisotopic (exact) mass is 553 g/mol. The summed E-state index contributed by atoms with van der Waals surface area (Å²) in [7, 11) is 0. The molecule has 5 nitrogen and oxygen atoms in total. The van der Waals surface area contributed by atoms with Gasteiger partial charge in [-0.2, -0.15) is 0 Å². The number of carbonyl (C=O) groups is 2. The molecule has 0 saturated heterocycles. The molecule has 35 heavy (non-hydrogen) atoms. The van der Waals surface area contributed by atoms with Gasteiger partial charge in [-0.05, 0) is 46.7 Å². The largest absolute Gasteiger partial charge is 0.496 e. The molecule has 1 aliphatic rings. The van der Waals surface area contributed by atoms with E-state index in [1.54, 1.807) is 24.3 Å². The van der Waals surface area contributed by atoms with Gasteiger partial charge in [-0.25, -0.2) is 9.18 Å². The van der Waals surface area contributed by atoms with Gasteiger partial charge in [0.15, 0.2) is 0 Å². The van der Waals surface area contributed by atoms with Crippen molar-refractivity contribution in [2.75, 3.05) is 6.61 Å². The van der Waals surface area contributed by atoms with Gasteiger partial charge < -0.3 is 15.2 Å². The first-order valence-electron chi connectivity index (χ1n) is 10.2. The normalized spacial score (nSPS) is 13.1. The minimum Gasteiger partial charge on any atom is -0.496 e. The fourth-order valence-electron chi connectivity index (χ4n) is 3.86. The molecule has 1 atom stereocenters. The number of halogens is 5. The van der Waals surface area contributed by atoms with Crippen LogP contribution in [0.4, 0.5) is 4.39 Å². The van der Waals surface area contributed by atoms with Crippen molar-refractivity contribution in [1.82, 2.24) is 5.32 Å². The van der Waals surface area contributed by atoms with Crippen LogP contribution >= 0.6 is 46.4 Å². The molecule has 0 saturated carbocycles.